The van der Waals surface area contributed by atoms with Crippen LogP contribution in [0.2, 0.25) is 0 Å². The van der Waals surface area contributed by atoms with Gasteiger partial charge in [-0.3, -0.25) is 0 Å². The molecule has 5 heteroatoms. The average Bonchev–Trinajstić information content (AvgIpc) is 2.66. The first-order valence-corrected chi connectivity index (χ1v) is 7.84. The topological polar surface area (TPSA) is 64.6 Å². The second-order valence-electron chi connectivity index (χ2n) is 5.52. The van der Waals surface area contributed by atoms with Gasteiger partial charge >= 0.3 is 12.1 Å². The molecule has 0 unspecified atom stereocenters. The zero-order valence-electron chi connectivity index (χ0n) is 14.1. The Morgan fingerprint density at radius 1 is 1.04 bits per heavy atom. The van der Waals surface area contributed by atoms with Crippen molar-refractivity contribution in [2.75, 3.05) is 7.11 Å². The molecule has 2 aromatic carbocycles. The Hall–Kier alpha value is -3.08. The summed E-state index contributed by atoms with van der Waals surface area (Å²) in [7, 11) is 1.27. The third-order valence-corrected chi connectivity index (χ3v) is 3.76. The molecule has 0 aliphatic heterocycles. The molecule has 2 rings (SSSR count). The first kappa shape index (κ1) is 18.3. The van der Waals surface area contributed by atoms with E-state index >= 15 is 0 Å². The van der Waals surface area contributed by atoms with Crippen molar-refractivity contribution in [3.05, 3.63) is 84.4 Å². The Morgan fingerprint density at radius 3 is 2.12 bits per heavy atom. The minimum atomic E-state index is -1.40. The Bertz CT molecular complexity index is 715. The number of nitrogens with one attached hydrogen (secondary N) is 1. The fraction of sp³-hybridized carbons (Fsp3) is 0.200. The van der Waals surface area contributed by atoms with Gasteiger partial charge in [0.15, 0.2) is 5.54 Å². The van der Waals surface area contributed by atoms with Gasteiger partial charge in [0.25, 0.3) is 0 Å². The van der Waals surface area contributed by atoms with Crippen molar-refractivity contribution in [3.63, 3.8) is 0 Å². The largest absolute Gasteiger partial charge is 0.467 e. The van der Waals surface area contributed by atoms with Gasteiger partial charge in [-0.15, -0.1) is 6.58 Å². The number of hydrogen-bond donors (Lipinski definition) is 1. The molecule has 0 saturated heterocycles. The summed E-state index contributed by atoms with van der Waals surface area (Å²) in [6, 6.07) is 18.6. The van der Waals surface area contributed by atoms with E-state index in [0.717, 1.165) is 11.1 Å². The van der Waals surface area contributed by atoms with Crippen molar-refractivity contribution in [2.45, 2.75) is 18.6 Å². The maximum absolute atomic E-state index is 12.3. The summed E-state index contributed by atoms with van der Waals surface area (Å²) < 4.78 is 10.1. The van der Waals surface area contributed by atoms with E-state index in [2.05, 4.69) is 11.9 Å². The molecule has 130 valence electrons. The first-order valence-electron chi connectivity index (χ1n) is 7.84. The average molecular weight is 339 g/mol. The van der Waals surface area contributed by atoms with Crippen LogP contribution >= 0.6 is 0 Å². The Labute approximate surface area is 147 Å². The lowest BCUT2D eigenvalue weighted by Gasteiger charge is -2.28. The number of amides is 1. The normalized spacial score (nSPS) is 12.5. The number of carbonyl (C=O) groups excluding carboxylic acids is 2. The maximum atomic E-state index is 12.3. The van der Waals surface area contributed by atoms with Crippen LogP contribution < -0.4 is 5.32 Å². The lowest BCUT2D eigenvalue weighted by atomic mass is 9.91. The highest BCUT2D eigenvalue weighted by atomic mass is 16.6. The van der Waals surface area contributed by atoms with Crippen molar-refractivity contribution in [3.8, 4) is 0 Å². The number of alkyl carbamates (subject to hydrolysis) is 1. The number of esters is 1. The predicted octanol–water partition coefficient (Wildman–Crippen LogP) is 3.25. The van der Waals surface area contributed by atoms with Crippen LogP contribution in [0.5, 0.6) is 0 Å². The van der Waals surface area contributed by atoms with Crippen molar-refractivity contribution in [1.82, 2.24) is 5.32 Å². The molecule has 0 bridgehead atoms. The molecule has 0 aromatic heterocycles. The SMILES string of the molecule is C=C[C@](Cc1ccccc1)(NC(=O)OCc1ccccc1)C(=O)OC. The van der Waals surface area contributed by atoms with Crippen LogP contribution in [-0.2, 0) is 27.3 Å². The number of ether oxygens (including phenoxy) is 2. The van der Waals surface area contributed by atoms with Crippen LogP contribution in [-0.4, -0.2) is 24.7 Å². The van der Waals surface area contributed by atoms with Gasteiger partial charge in [0.05, 0.1) is 7.11 Å². The van der Waals surface area contributed by atoms with Gasteiger partial charge in [0.2, 0.25) is 0 Å². The molecule has 5 nitrogen and oxygen atoms in total. The molecule has 0 aliphatic carbocycles. The molecule has 0 heterocycles. The maximum Gasteiger partial charge on any atom is 0.408 e. The molecule has 25 heavy (non-hydrogen) atoms. The molecule has 0 radical (unpaired) electrons. The van der Waals surface area contributed by atoms with Crippen LogP contribution in [0.15, 0.2) is 73.3 Å². The molecule has 0 aliphatic rings. The number of rotatable bonds is 7. The van der Waals surface area contributed by atoms with E-state index in [9.17, 15) is 9.59 Å². The summed E-state index contributed by atoms with van der Waals surface area (Å²) in [6.07, 6.45) is 0.866. The summed E-state index contributed by atoms with van der Waals surface area (Å²) in [5.41, 5.74) is 0.309. The lowest BCUT2D eigenvalue weighted by Crippen LogP contribution is -2.55. The van der Waals surface area contributed by atoms with E-state index in [1.54, 1.807) is 0 Å². The quantitative estimate of drug-likeness (QED) is 0.621. The van der Waals surface area contributed by atoms with E-state index in [-0.39, 0.29) is 13.0 Å². The predicted molar refractivity (Wildman–Crippen MR) is 94.9 cm³/mol. The highest BCUT2D eigenvalue weighted by molar-refractivity contribution is 5.88. The molecule has 1 amide bonds. The van der Waals surface area contributed by atoms with E-state index < -0.39 is 17.6 Å². The van der Waals surface area contributed by atoms with Gasteiger partial charge < -0.3 is 14.8 Å². The van der Waals surface area contributed by atoms with Crippen molar-refractivity contribution in [2.24, 2.45) is 0 Å². The highest BCUT2D eigenvalue weighted by Gasteiger charge is 2.39. The molecule has 2 aromatic rings. The van der Waals surface area contributed by atoms with Crippen molar-refractivity contribution < 1.29 is 19.1 Å². The second kappa shape index (κ2) is 8.68. The van der Waals surface area contributed by atoms with Crippen molar-refractivity contribution >= 4 is 12.1 Å². The third-order valence-electron chi connectivity index (χ3n) is 3.76. The van der Waals surface area contributed by atoms with E-state index in [1.807, 2.05) is 60.7 Å². The second-order valence-corrected chi connectivity index (χ2v) is 5.52. The number of carbonyl (C=O) groups is 2. The smallest absolute Gasteiger partial charge is 0.408 e. The summed E-state index contributed by atoms with van der Waals surface area (Å²) >= 11 is 0. The van der Waals surface area contributed by atoms with Crippen LogP contribution in [0.1, 0.15) is 11.1 Å². The fourth-order valence-corrected chi connectivity index (χ4v) is 2.42. The fourth-order valence-electron chi connectivity index (χ4n) is 2.42. The summed E-state index contributed by atoms with van der Waals surface area (Å²) in [4.78, 5) is 24.5. The molecule has 1 atom stereocenters. The highest BCUT2D eigenvalue weighted by Crippen LogP contribution is 2.18. The van der Waals surface area contributed by atoms with E-state index in [4.69, 9.17) is 9.47 Å². The Kier molecular flexibility index (Phi) is 6.34. The zero-order valence-corrected chi connectivity index (χ0v) is 14.1. The van der Waals surface area contributed by atoms with Gasteiger partial charge in [0, 0.05) is 6.42 Å². The number of benzene rings is 2. The van der Waals surface area contributed by atoms with Crippen molar-refractivity contribution in [1.29, 1.82) is 0 Å². The van der Waals surface area contributed by atoms with Crippen LogP contribution in [0, 0.1) is 0 Å². The van der Waals surface area contributed by atoms with Gasteiger partial charge in [0.1, 0.15) is 6.61 Å². The van der Waals surface area contributed by atoms with Gasteiger partial charge in [-0.1, -0.05) is 66.7 Å². The molecule has 0 spiro atoms. The molecule has 0 saturated carbocycles. The monoisotopic (exact) mass is 339 g/mol. The Balaban J connectivity index is 2.10. The molecular weight excluding hydrogens is 318 g/mol. The molecule has 0 fully saturated rings. The minimum absolute atomic E-state index is 0.104. The van der Waals surface area contributed by atoms with Gasteiger partial charge in [-0.2, -0.15) is 0 Å². The molecule has 1 N–H and O–H groups in total. The van der Waals surface area contributed by atoms with E-state index in [0.29, 0.717) is 0 Å². The van der Waals surface area contributed by atoms with Crippen LogP contribution in [0.4, 0.5) is 4.79 Å². The van der Waals surface area contributed by atoms with Gasteiger partial charge in [-0.25, -0.2) is 9.59 Å². The summed E-state index contributed by atoms with van der Waals surface area (Å²) in [5.74, 6) is -0.608. The first-order chi connectivity index (χ1) is 12.1. The molecular formula is C20H21NO4. The standard InChI is InChI=1S/C20H21NO4/c1-3-20(18(22)24-2,14-16-10-6-4-7-11-16)21-19(23)25-15-17-12-8-5-9-13-17/h3-13H,1,14-15H2,2H3,(H,21,23)/t20-/m1/s1. The summed E-state index contributed by atoms with van der Waals surface area (Å²) in [6.45, 7) is 3.80. The van der Waals surface area contributed by atoms with Crippen LogP contribution in [0.3, 0.4) is 0 Å². The number of methoxy groups -OCH3 is 1. The van der Waals surface area contributed by atoms with Gasteiger partial charge in [-0.05, 0) is 11.1 Å². The minimum Gasteiger partial charge on any atom is -0.467 e. The Morgan fingerprint density at radius 2 is 1.60 bits per heavy atom. The summed E-state index contributed by atoms with van der Waals surface area (Å²) in [5, 5.41) is 2.60. The number of hydrogen-bond acceptors (Lipinski definition) is 4. The van der Waals surface area contributed by atoms with E-state index in [1.165, 1.54) is 13.2 Å². The lowest BCUT2D eigenvalue weighted by molar-refractivity contribution is -0.146. The third kappa shape index (κ3) is 4.94. The zero-order chi connectivity index (χ0) is 18.1. The van der Waals surface area contributed by atoms with Crippen LogP contribution in [0.25, 0.3) is 0 Å².